The van der Waals surface area contributed by atoms with Gasteiger partial charge in [-0.2, -0.15) is 0 Å². The summed E-state index contributed by atoms with van der Waals surface area (Å²) >= 11 is 5.99. The van der Waals surface area contributed by atoms with Gasteiger partial charge in [0.05, 0.1) is 17.0 Å². The number of hydrogen-bond acceptors (Lipinski definition) is 2. The number of imidazole rings is 1. The molecule has 1 amide bonds. The third-order valence-electron chi connectivity index (χ3n) is 4.74. The molecule has 2 heterocycles. The number of carbonyl (C=O) groups excluding carboxylic acids is 1. The molecule has 122 valence electrons. The lowest BCUT2D eigenvalue weighted by Crippen LogP contribution is -2.19. The van der Waals surface area contributed by atoms with Gasteiger partial charge in [0, 0.05) is 24.8 Å². The maximum Gasteiger partial charge on any atom is 0.328 e. The molecule has 0 fully saturated rings. The lowest BCUT2D eigenvalue weighted by atomic mass is 9.93. The molecule has 4 rings (SSSR count). The molecule has 0 aliphatic carbocycles. The number of aryl methyl sites for hydroxylation is 2. The van der Waals surface area contributed by atoms with E-state index < -0.39 is 0 Å². The van der Waals surface area contributed by atoms with Crippen molar-refractivity contribution in [2.75, 3.05) is 5.32 Å². The zero-order valence-electron chi connectivity index (χ0n) is 13.3. The molecule has 0 radical (unpaired) electrons. The Labute approximate surface area is 143 Å². The van der Waals surface area contributed by atoms with Gasteiger partial charge < -0.3 is 5.32 Å². The summed E-state index contributed by atoms with van der Waals surface area (Å²) in [6.07, 6.45) is 0.583. The predicted octanol–water partition coefficient (Wildman–Crippen LogP) is 2.81. The maximum atomic E-state index is 12.3. The van der Waals surface area contributed by atoms with Crippen molar-refractivity contribution in [3.05, 3.63) is 63.0 Å². The summed E-state index contributed by atoms with van der Waals surface area (Å²) < 4.78 is 3.25. The molecule has 3 aromatic rings. The second-order valence-corrected chi connectivity index (χ2v) is 6.64. The largest absolute Gasteiger partial charge is 0.328 e. The molecule has 1 N–H and O–H groups in total. The highest BCUT2D eigenvalue weighted by Gasteiger charge is 2.30. The van der Waals surface area contributed by atoms with Gasteiger partial charge in [-0.15, -0.1) is 0 Å². The van der Waals surface area contributed by atoms with Crippen LogP contribution >= 0.6 is 11.6 Å². The van der Waals surface area contributed by atoms with Gasteiger partial charge in [0.25, 0.3) is 0 Å². The van der Waals surface area contributed by atoms with Gasteiger partial charge in [-0.1, -0.05) is 23.7 Å². The first-order valence-electron chi connectivity index (χ1n) is 7.70. The van der Waals surface area contributed by atoms with Crippen molar-refractivity contribution in [2.45, 2.75) is 12.3 Å². The minimum atomic E-state index is -0.240. The van der Waals surface area contributed by atoms with Gasteiger partial charge in [-0.05, 0) is 41.8 Å². The van der Waals surface area contributed by atoms with Gasteiger partial charge in [0.15, 0.2) is 0 Å². The average Bonchev–Trinajstić information content (AvgIpc) is 2.97. The quantitative estimate of drug-likeness (QED) is 0.779. The Hall–Kier alpha value is -2.53. The molecule has 0 spiro atoms. The van der Waals surface area contributed by atoms with Crippen LogP contribution < -0.4 is 11.0 Å². The van der Waals surface area contributed by atoms with Crippen molar-refractivity contribution in [3.63, 3.8) is 0 Å². The topological polar surface area (TPSA) is 56.0 Å². The molecule has 1 aliphatic heterocycles. The van der Waals surface area contributed by atoms with Crippen molar-refractivity contribution in [2.24, 2.45) is 14.1 Å². The van der Waals surface area contributed by atoms with Crippen molar-refractivity contribution in [1.29, 1.82) is 0 Å². The third-order valence-corrected chi connectivity index (χ3v) is 4.98. The highest BCUT2D eigenvalue weighted by atomic mass is 35.5. The standard InChI is InChI=1S/C18H16ClN3O2/c1-21-15-6-3-10(8-16(15)22(2)18(21)24)7-13-12-5-4-11(19)9-14(12)20-17(13)23/h3-6,8-9,13H,7H2,1-2H3,(H,20,23). The SMILES string of the molecule is Cn1c(=O)n(C)c2cc(CC3C(=O)Nc4cc(Cl)ccc43)ccc21. The second-order valence-electron chi connectivity index (χ2n) is 6.20. The van der Waals surface area contributed by atoms with Crippen molar-refractivity contribution in [3.8, 4) is 0 Å². The Morgan fingerprint density at radius 3 is 2.58 bits per heavy atom. The number of carbonyl (C=O) groups is 1. The van der Waals surface area contributed by atoms with E-state index in [2.05, 4.69) is 5.32 Å². The molecule has 1 unspecified atom stereocenters. The minimum Gasteiger partial charge on any atom is -0.325 e. The van der Waals surface area contributed by atoms with Gasteiger partial charge in [-0.25, -0.2) is 4.79 Å². The number of anilines is 1. The van der Waals surface area contributed by atoms with Crippen molar-refractivity contribution >= 4 is 34.2 Å². The van der Waals surface area contributed by atoms with Crippen molar-refractivity contribution < 1.29 is 4.79 Å². The fraction of sp³-hybridized carbons (Fsp3) is 0.222. The molecule has 2 aromatic carbocycles. The highest BCUT2D eigenvalue weighted by Crippen LogP contribution is 2.36. The highest BCUT2D eigenvalue weighted by molar-refractivity contribution is 6.31. The molecular formula is C18H16ClN3O2. The first-order chi connectivity index (χ1) is 11.5. The fourth-order valence-corrected chi connectivity index (χ4v) is 3.59. The fourth-order valence-electron chi connectivity index (χ4n) is 3.42. The molecular weight excluding hydrogens is 326 g/mol. The normalized spacial score (nSPS) is 16.5. The van der Waals surface area contributed by atoms with Crippen LogP contribution in [-0.4, -0.2) is 15.0 Å². The zero-order chi connectivity index (χ0) is 17.0. The van der Waals surface area contributed by atoms with E-state index in [1.165, 1.54) is 0 Å². The number of aromatic nitrogens is 2. The van der Waals surface area contributed by atoms with Crippen LogP contribution in [0.4, 0.5) is 5.69 Å². The zero-order valence-corrected chi connectivity index (χ0v) is 14.1. The first-order valence-corrected chi connectivity index (χ1v) is 8.08. The third kappa shape index (κ3) is 2.16. The number of benzene rings is 2. The first kappa shape index (κ1) is 15.0. The maximum absolute atomic E-state index is 12.3. The van der Waals surface area contributed by atoms with Gasteiger partial charge >= 0.3 is 5.69 Å². The molecule has 5 nitrogen and oxygen atoms in total. The monoisotopic (exact) mass is 341 g/mol. The Morgan fingerprint density at radius 2 is 1.79 bits per heavy atom. The summed E-state index contributed by atoms with van der Waals surface area (Å²) in [6.45, 7) is 0. The van der Waals surface area contributed by atoms with Crippen LogP contribution in [-0.2, 0) is 25.3 Å². The van der Waals surface area contributed by atoms with Crippen LogP contribution in [0.1, 0.15) is 17.0 Å². The molecule has 0 saturated heterocycles. The number of fused-ring (bicyclic) bond motifs is 2. The van der Waals surface area contributed by atoms with Gasteiger partial charge in [-0.3, -0.25) is 13.9 Å². The van der Waals surface area contributed by atoms with Crippen molar-refractivity contribution in [1.82, 2.24) is 9.13 Å². The summed E-state index contributed by atoms with van der Waals surface area (Å²) in [5.74, 6) is -0.259. The number of halogens is 1. The van der Waals surface area contributed by atoms with Gasteiger partial charge in [0.1, 0.15) is 0 Å². The lowest BCUT2D eigenvalue weighted by molar-refractivity contribution is -0.117. The Morgan fingerprint density at radius 1 is 1.04 bits per heavy atom. The number of nitrogens with zero attached hydrogens (tertiary/aromatic N) is 2. The van der Waals surface area contributed by atoms with Crippen LogP contribution in [0.5, 0.6) is 0 Å². The summed E-state index contributed by atoms with van der Waals surface area (Å²) in [5.41, 5.74) is 4.47. The van der Waals surface area contributed by atoms with Gasteiger partial charge in [0.2, 0.25) is 5.91 Å². The Kier molecular flexibility index (Phi) is 3.28. The van der Waals surface area contributed by atoms with E-state index in [-0.39, 0.29) is 17.5 Å². The minimum absolute atomic E-state index is 0.0192. The number of hydrogen-bond donors (Lipinski definition) is 1. The van der Waals surface area contributed by atoms with E-state index in [9.17, 15) is 9.59 Å². The lowest BCUT2D eigenvalue weighted by Gasteiger charge is -2.09. The van der Waals surface area contributed by atoms with E-state index in [0.717, 1.165) is 27.8 Å². The smallest absolute Gasteiger partial charge is 0.325 e. The second kappa shape index (κ2) is 5.24. The summed E-state index contributed by atoms with van der Waals surface area (Å²) in [6, 6.07) is 11.4. The summed E-state index contributed by atoms with van der Waals surface area (Å²) in [4.78, 5) is 24.4. The van der Waals surface area contributed by atoms with E-state index in [4.69, 9.17) is 11.6 Å². The average molecular weight is 342 g/mol. The molecule has 0 bridgehead atoms. The van der Waals surface area contributed by atoms with Crippen LogP contribution in [0.2, 0.25) is 5.02 Å². The summed E-state index contributed by atoms with van der Waals surface area (Å²) in [5, 5.41) is 3.49. The molecule has 1 aromatic heterocycles. The summed E-state index contributed by atoms with van der Waals surface area (Å²) in [7, 11) is 3.52. The molecule has 6 heteroatoms. The molecule has 0 saturated carbocycles. The number of rotatable bonds is 2. The van der Waals surface area contributed by atoms with Crippen LogP contribution in [0.15, 0.2) is 41.2 Å². The van der Waals surface area contributed by atoms with Crippen LogP contribution in [0.3, 0.4) is 0 Å². The number of nitrogens with one attached hydrogen (secondary N) is 1. The molecule has 1 aliphatic rings. The van der Waals surface area contributed by atoms with E-state index >= 15 is 0 Å². The molecule has 24 heavy (non-hydrogen) atoms. The van der Waals surface area contributed by atoms with Crippen LogP contribution in [0.25, 0.3) is 11.0 Å². The molecule has 1 atom stereocenters. The van der Waals surface area contributed by atoms with E-state index in [1.54, 1.807) is 35.4 Å². The predicted molar refractivity (Wildman–Crippen MR) is 94.7 cm³/mol. The van der Waals surface area contributed by atoms with E-state index in [0.29, 0.717) is 11.4 Å². The Balaban J connectivity index is 1.74. The number of amides is 1. The van der Waals surface area contributed by atoms with Crippen LogP contribution in [0, 0.1) is 0 Å². The van der Waals surface area contributed by atoms with E-state index in [1.807, 2.05) is 24.3 Å². The Bertz CT molecular complexity index is 1050.